The van der Waals surface area contributed by atoms with E-state index in [-0.39, 0.29) is 11.7 Å². The molecule has 2 N–H and O–H groups in total. The lowest BCUT2D eigenvalue weighted by molar-refractivity contribution is -0.384. The maximum Gasteiger partial charge on any atom is 0.337 e. The van der Waals surface area contributed by atoms with Crippen LogP contribution in [0, 0.1) is 10.1 Å². The van der Waals surface area contributed by atoms with Crippen LogP contribution in [0.1, 0.15) is 21.6 Å². The van der Waals surface area contributed by atoms with Gasteiger partial charge in [0.15, 0.2) is 0 Å². The number of aromatic nitrogens is 1. The summed E-state index contributed by atoms with van der Waals surface area (Å²) in [5.74, 6) is -0.419. The molecule has 0 radical (unpaired) electrons. The minimum atomic E-state index is -0.506. The number of carbonyl (C=O) groups is 2. The van der Waals surface area contributed by atoms with Crippen LogP contribution in [0.4, 0.5) is 16.2 Å². The van der Waals surface area contributed by atoms with Crippen molar-refractivity contribution in [1.29, 1.82) is 0 Å². The highest BCUT2D eigenvalue weighted by atomic mass is 16.6. The molecule has 2 amide bonds. The van der Waals surface area contributed by atoms with Crippen LogP contribution in [0.15, 0.2) is 42.5 Å². The topological polar surface area (TPSA) is 118 Å². The van der Waals surface area contributed by atoms with Crippen LogP contribution in [0.3, 0.4) is 0 Å². The molecule has 9 nitrogen and oxygen atoms in total. The summed E-state index contributed by atoms with van der Waals surface area (Å²) in [6, 6.07) is 10.8. The van der Waals surface area contributed by atoms with E-state index in [1.165, 1.54) is 25.3 Å². The number of anilines is 1. The predicted molar refractivity (Wildman–Crippen MR) is 106 cm³/mol. The summed E-state index contributed by atoms with van der Waals surface area (Å²) in [4.78, 5) is 39.9. The number of urea groups is 1. The van der Waals surface area contributed by atoms with Crippen LogP contribution in [0.25, 0.3) is 10.9 Å². The molecule has 1 aliphatic heterocycles. The molecular weight excluding hydrogens is 376 g/mol. The molecule has 4 rings (SSSR count). The van der Waals surface area contributed by atoms with Gasteiger partial charge >= 0.3 is 12.0 Å². The average molecular weight is 394 g/mol. The third kappa shape index (κ3) is 3.49. The van der Waals surface area contributed by atoms with Crippen LogP contribution in [0.2, 0.25) is 0 Å². The lowest BCUT2D eigenvalue weighted by atomic mass is 10.0. The zero-order valence-electron chi connectivity index (χ0n) is 15.6. The van der Waals surface area contributed by atoms with Crippen LogP contribution in [-0.4, -0.2) is 40.5 Å². The number of benzene rings is 2. The van der Waals surface area contributed by atoms with E-state index in [4.69, 9.17) is 4.74 Å². The number of nitro benzene ring substituents is 1. The van der Waals surface area contributed by atoms with Crippen molar-refractivity contribution >= 4 is 34.3 Å². The molecule has 3 aromatic rings. The highest BCUT2D eigenvalue weighted by Gasteiger charge is 2.25. The smallest absolute Gasteiger partial charge is 0.337 e. The van der Waals surface area contributed by atoms with Gasteiger partial charge in [0.1, 0.15) is 0 Å². The van der Waals surface area contributed by atoms with Crippen molar-refractivity contribution in [3.63, 3.8) is 0 Å². The lowest BCUT2D eigenvalue weighted by Gasteiger charge is -2.27. The highest BCUT2D eigenvalue weighted by Crippen LogP contribution is 2.29. The largest absolute Gasteiger partial charge is 0.465 e. The first kappa shape index (κ1) is 18.5. The Bertz CT molecular complexity index is 1140. The number of nitrogens with one attached hydrogen (secondary N) is 2. The number of rotatable bonds is 3. The van der Waals surface area contributed by atoms with E-state index in [1.807, 2.05) is 6.07 Å². The number of methoxy groups -OCH3 is 1. The Morgan fingerprint density at radius 3 is 2.83 bits per heavy atom. The number of nitro groups is 1. The summed E-state index contributed by atoms with van der Waals surface area (Å²) >= 11 is 0. The monoisotopic (exact) mass is 394 g/mol. The van der Waals surface area contributed by atoms with Gasteiger partial charge in [-0.15, -0.1) is 0 Å². The molecule has 1 aromatic heterocycles. The van der Waals surface area contributed by atoms with Crippen molar-refractivity contribution < 1.29 is 19.2 Å². The normalized spacial score (nSPS) is 13.1. The second-order valence-electron chi connectivity index (χ2n) is 6.74. The Morgan fingerprint density at radius 2 is 2.07 bits per heavy atom. The summed E-state index contributed by atoms with van der Waals surface area (Å²) in [7, 11) is 1.33. The fourth-order valence-electron chi connectivity index (χ4n) is 3.53. The number of fused-ring (bicyclic) bond motifs is 3. The van der Waals surface area contributed by atoms with Crippen molar-refractivity contribution in [2.75, 3.05) is 19.0 Å². The first-order chi connectivity index (χ1) is 14.0. The minimum Gasteiger partial charge on any atom is -0.465 e. The molecule has 0 unspecified atom stereocenters. The van der Waals surface area contributed by atoms with E-state index in [0.717, 1.165) is 22.2 Å². The molecule has 0 atom stereocenters. The van der Waals surface area contributed by atoms with Gasteiger partial charge in [-0.05, 0) is 24.3 Å². The lowest BCUT2D eigenvalue weighted by Crippen LogP contribution is -2.38. The summed E-state index contributed by atoms with van der Waals surface area (Å²) in [5.41, 5.74) is 3.59. The number of non-ortho nitro benzene ring substituents is 1. The van der Waals surface area contributed by atoms with Crippen LogP contribution in [-0.2, 0) is 17.7 Å². The van der Waals surface area contributed by atoms with Gasteiger partial charge in [0.2, 0.25) is 0 Å². The highest BCUT2D eigenvalue weighted by molar-refractivity contribution is 5.96. The Labute approximate surface area is 165 Å². The van der Waals surface area contributed by atoms with E-state index < -0.39 is 10.9 Å². The SMILES string of the molecule is COC(=O)c1ccc2[nH]c3c(c2c1)CN(C(=O)Nc1cccc([N+](=O)[O-])c1)CC3. The van der Waals surface area contributed by atoms with Gasteiger partial charge in [-0.3, -0.25) is 10.1 Å². The zero-order chi connectivity index (χ0) is 20.5. The van der Waals surface area contributed by atoms with Gasteiger partial charge in [0, 0.05) is 59.5 Å². The van der Waals surface area contributed by atoms with Crippen LogP contribution in [0.5, 0.6) is 0 Å². The van der Waals surface area contributed by atoms with Crippen molar-refractivity contribution in [3.8, 4) is 0 Å². The Kier molecular flexibility index (Phi) is 4.63. The number of H-pyrrole nitrogens is 1. The molecule has 2 heterocycles. The van der Waals surface area contributed by atoms with Gasteiger partial charge < -0.3 is 19.9 Å². The average Bonchev–Trinajstić information content (AvgIpc) is 3.10. The number of hydrogen-bond acceptors (Lipinski definition) is 5. The Hall–Kier alpha value is -3.88. The minimum absolute atomic E-state index is 0.0873. The molecule has 29 heavy (non-hydrogen) atoms. The predicted octanol–water partition coefficient (Wildman–Crippen LogP) is 3.45. The standard InChI is InChI=1S/C20H18N4O5/c1-29-19(25)12-5-6-17-15(9-12)16-11-23(8-7-18(16)22-17)20(26)21-13-3-2-4-14(10-13)24(27)28/h2-6,9-10,22H,7-8,11H2,1H3,(H,21,26). The molecular formula is C20H18N4O5. The summed E-state index contributed by atoms with van der Waals surface area (Å²) in [6.45, 7) is 0.866. The first-order valence-corrected chi connectivity index (χ1v) is 8.98. The maximum absolute atomic E-state index is 12.7. The number of amides is 2. The summed E-state index contributed by atoms with van der Waals surface area (Å²) < 4.78 is 4.79. The molecule has 148 valence electrons. The van der Waals surface area contributed by atoms with Crippen LogP contribution < -0.4 is 5.32 Å². The van der Waals surface area contributed by atoms with Gasteiger partial charge in [0.25, 0.3) is 5.69 Å². The summed E-state index contributed by atoms with van der Waals surface area (Å²) in [6.07, 6.45) is 0.639. The fraction of sp³-hybridized carbons (Fsp3) is 0.200. The number of nitrogens with zero attached hydrogens (tertiary/aromatic N) is 2. The van der Waals surface area contributed by atoms with E-state index >= 15 is 0 Å². The van der Waals surface area contributed by atoms with Crippen molar-refractivity contribution in [2.24, 2.45) is 0 Å². The second-order valence-corrected chi connectivity index (χ2v) is 6.74. The zero-order valence-corrected chi connectivity index (χ0v) is 15.6. The van der Waals surface area contributed by atoms with Crippen molar-refractivity contribution in [1.82, 2.24) is 9.88 Å². The molecule has 0 fully saturated rings. The molecule has 9 heteroatoms. The van der Waals surface area contributed by atoms with Crippen LogP contribution >= 0.6 is 0 Å². The molecule has 0 aliphatic carbocycles. The fourth-order valence-corrected chi connectivity index (χ4v) is 3.53. The molecule has 0 bridgehead atoms. The molecule has 2 aromatic carbocycles. The number of hydrogen-bond donors (Lipinski definition) is 2. The van der Waals surface area contributed by atoms with Gasteiger partial charge in [0.05, 0.1) is 17.6 Å². The quantitative estimate of drug-likeness (QED) is 0.401. The third-order valence-electron chi connectivity index (χ3n) is 4.99. The van der Waals surface area contributed by atoms with Gasteiger partial charge in [-0.1, -0.05) is 6.07 Å². The second kappa shape index (κ2) is 7.27. The van der Waals surface area contributed by atoms with Gasteiger partial charge in [-0.2, -0.15) is 0 Å². The maximum atomic E-state index is 12.7. The van der Waals surface area contributed by atoms with Gasteiger partial charge in [-0.25, -0.2) is 9.59 Å². The first-order valence-electron chi connectivity index (χ1n) is 8.98. The van der Waals surface area contributed by atoms with Crippen molar-refractivity contribution in [2.45, 2.75) is 13.0 Å². The van der Waals surface area contributed by atoms with E-state index in [0.29, 0.717) is 30.8 Å². The molecule has 0 spiro atoms. The summed E-state index contributed by atoms with van der Waals surface area (Å²) in [5, 5.41) is 14.5. The van der Waals surface area contributed by atoms with E-state index in [9.17, 15) is 19.7 Å². The number of ether oxygens (including phenoxy) is 1. The number of carbonyl (C=O) groups excluding carboxylic acids is 2. The van der Waals surface area contributed by atoms with E-state index in [2.05, 4.69) is 10.3 Å². The molecule has 0 saturated carbocycles. The number of esters is 1. The third-order valence-corrected chi connectivity index (χ3v) is 4.99. The Balaban J connectivity index is 1.57. The van der Waals surface area contributed by atoms with Crippen molar-refractivity contribution in [3.05, 3.63) is 69.4 Å². The van der Waals surface area contributed by atoms with E-state index in [1.54, 1.807) is 23.1 Å². The molecule has 1 aliphatic rings. The Morgan fingerprint density at radius 1 is 1.24 bits per heavy atom. The molecule has 0 saturated heterocycles. The number of aromatic amines is 1.